The lowest BCUT2D eigenvalue weighted by molar-refractivity contribution is -0.141. The largest absolute Gasteiger partial charge is 0.480 e. The zero-order valence-electron chi connectivity index (χ0n) is 16.0. The van der Waals surface area contributed by atoms with Crippen molar-refractivity contribution in [2.75, 3.05) is 12.3 Å². The second-order valence-electron chi connectivity index (χ2n) is 6.39. The minimum absolute atomic E-state index is 0.0897. The van der Waals surface area contributed by atoms with Crippen LogP contribution in [0.15, 0.2) is 30.3 Å². The highest BCUT2D eigenvalue weighted by Gasteiger charge is 2.26. The minimum atomic E-state index is -1.26. The van der Waals surface area contributed by atoms with E-state index in [2.05, 4.69) is 28.6 Å². The lowest BCUT2D eigenvalue weighted by Gasteiger charge is -2.21. The van der Waals surface area contributed by atoms with Gasteiger partial charge < -0.3 is 32.5 Å². The first-order valence-corrected chi connectivity index (χ1v) is 9.56. The predicted octanol–water partition coefficient (Wildman–Crippen LogP) is -2.47. The van der Waals surface area contributed by atoms with E-state index in [1.165, 1.54) is 0 Å². The maximum Gasteiger partial charge on any atom is 0.327 e. The average Bonchev–Trinajstić information content (AvgIpc) is 2.69. The van der Waals surface area contributed by atoms with Gasteiger partial charge >= 0.3 is 5.97 Å². The van der Waals surface area contributed by atoms with E-state index in [0.29, 0.717) is 0 Å². The van der Waals surface area contributed by atoms with E-state index in [1.54, 1.807) is 30.3 Å². The van der Waals surface area contributed by atoms with Crippen molar-refractivity contribution in [2.45, 2.75) is 31.0 Å². The highest BCUT2D eigenvalue weighted by Crippen LogP contribution is 2.04. The molecular weight excluding hydrogens is 414 g/mol. The van der Waals surface area contributed by atoms with Gasteiger partial charge in [-0.15, -0.1) is 0 Å². The summed E-state index contributed by atoms with van der Waals surface area (Å²) in [4.78, 5) is 58.5. The zero-order valence-corrected chi connectivity index (χ0v) is 16.9. The Bertz CT molecular complexity index is 776. The molecule has 12 heteroatoms. The molecule has 0 saturated carbocycles. The molecule has 0 aliphatic heterocycles. The van der Waals surface area contributed by atoms with Crippen molar-refractivity contribution in [1.82, 2.24) is 16.0 Å². The zero-order chi connectivity index (χ0) is 22.7. The van der Waals surface area contributed by atoms with Crippen LogP contribution in [-0.2, 0) is 30.4 Å². The highest BCUT2D eigenvalue weighted by molar-refractivity contribution is 7.80. The molecule has 0 spiro atoms. The summed E-state index contributed by atoms with van der Waals surface area (Å²) in [6.45, 7) is -0.501. The summed E-state index contributed by atoms with van der Waals surface area (Å²) < 4.78 is 0. The molecule has 30 heavy (non-hydrogen) atoms. The number of benzene rings is 1. The van der Waals surface area contributed by atoms with Crippen LogP contribution in [0.1, 0.15) is 12.0 Å². The van der Waals surface area contributed by atoms with Crippen molar-refractivity contribution in [3.63, 3.8) is 0 Å². The van der Waals surface area contributed by atoms with Crippen molar-refractivity contribution in [3.05, 3.63) is 35.9 Å². The van der Waals surface area contributed by atoms with E-state index in [-0.39, 0.29) is 18.6 Å². The molecule has 1 aromatic rings. The van der Waals surface area contributed by atoms with Crippen molar-refractivity contribution in [2.24, 2.45) is 11.5 Å². The number of rotatable bonds is 12. The molecule has 1 rings (SSSR count). The van der Waals surface area contributed by atoms with Gasteiger partial charge in [-0.25, -0.2) is 4.79 Å². The van der Waals surface area contributed by atoms with Gasteiger partial charge in [-0.3, -0.25) is 19.2 Å². The number of nitrogens with two attached hydrogens (primary N) is 2. The van der Waals surface area contributed by atoms with Crippen LogP contribution in [0.4, 0.5) is 0 Å². The third-order valence-electron chi connectivity index (χ3n) is 3.91. The number of carboxylic acids is 1. The first kappa shape index (κ1) is 24.9. The molecule has 4 amide bonds. The van der Waals surface area contributed by atoms with E-state index < -0.39 is 54.3 Å². The number of aliphatic carboxylic acids is 1. The molecule has 3 unspecified atom stereocenters. The molecule has 3 atom stereocenters. The summed E-state index contributed by atoms with van der Waals surface area (Å²) in [5, 5.41) is 16.1. The van der Waals surface area contributed by atoms with E-state index in [4.69, 9.17) is 16.6 Å². The molecule has 164 valence electrons. The topological polar surface area (TPSA) is 194 Å². The van der Waals surface area contributed by atoms with Crippen LogP contribution in [0.25, 0.3) is 0 Å². The summed E-state index contributed by atoms with van der Waals surface area (Å²) in [7, 11) is 0. The van der Waals surface area contributed by atoms with Crippen molar-refractivity contribution >= 4 is 42.2 Å². The fraction of sp³-hybridized carbons (Fsp3) is 0.389. The number of nitrogens with one attached hydrogen (secondary N) is 3. The number of carbonyl (C=O) groups is 5. The smallest absolute Gasteiger partial charge is 0.327 e. The molecule has 8 N–H and O–H groups in total. The van der Waals surface area contributed by atoms with Crippen LogP contribution in [-0.4, -0.2) is 65.1 Å². The second kappa shape index (κ2) is 12.4. The molecule has 0 aliphatic rings. The fourth-order valence-electron chi connectivity index (χ4n) is 2.37. The Hall–Kier alpha value is -3.12. The number of hydrogen-bond donors (Lipinski definition) is 7. The van der Waals surface area contributed by atoms with Gasteiger partial charge in [-0.2, -0.15) is 12.6 Å². The molecule has 0 fully saturated rings. The van der Waals surface area contributed by atoms with Gasteiger partial charge in [0.25, 0.3) is 0 Å². The van der Waals surface area contributed by atoms with Gasteiger partial charge in [0.2, 0.25) is 23.6 Å². The number of hydrogen-bond acceptors (Lipinski definition) is 7. The maximum atomic E-state index is 12.5. The van der Waals surface area contributed by atoms with Crippen LogP contribution in [0.3, 0.4) is 0 Å². The summed E-state index contributed by atoms with van der Waals surface area (Å²) in [5.74, 6) is -4.35. The van der Waals surface area contributed by atoms with Gasteiger partial charge in [0.1, 0.15) is 12.1 Å². The number of amides is 4. The Morgan fingerprint density at radius 2 is 1.63 bits per heavy atom. The van der Waals surface area contributed by atoms with Crippen LogP contribution >= 0.6 is 12.6 Å². The monoisotopic (exact) mass is 439 g/mol. The first-order chi connectivity index (χ1) is 14.1. The van der Waals surface area contributed by atoms with E-state index in [1.807, 2.05) is 0 Å². The van der Waals surface area contributed by atoms with Crippen molar-refractivity contribution in [1.29, 1.82) is 0 Å². The quantitative estimate of drug-likeness (QED) is 0.175. The first-order valence-electron chi connectivity index (χ1n) is 8.93. The van der Waals surface area contributed by atoms with Crippen molar-refractivity contribution in [3.8, 4) is 0 Å². The molecule has 0 aliphatic carbocycles. The lowest BCUT2D eigenvalue weighted by Crippen LogP contribution is -2.55. The number of carbonyl (C=O) groups excluding carboxylic acids is 4. The standard InChI is InChI=1S/C18H25N5O6S/c19-11(7-14(20)24)16(26)21-8-15(25)22-12(6-10-4-2-1-3-5-10)17(27)23-13(9-30)18(28)29/h1-5,11-13,30H,6-9,19H2,(H2,20,24)(H,21,26)(H,22,25)(H,23,27)(H,28,29). The van der Waals surface area contributed by atoms with E-state index in [0.717, 1.165) is 5.56 Å². The van der Waals surface area contributed by atoms with Crippen LogP contribution in [0, 0.1) is 0 Å². The predicted molar refractivity (Wildman–Crippen MR) is 110 cm³/mol. The molecule has 0 radical (unpaired) electrons. The fourth-order valence-corrected chi connectivity index (χ4v) is 2.62. The Kier molecular flexibility index (Phi) is 10.3. The van der Waals surface area contributed by atoms with Gasteiger partial charge in [0.05, 0.1) is 19.0 Å². The third-order valence-corrected chi connectivity index (χ3v) is 4.28. The number of primary amides is 1. The number of thiol groups is 1. The lowest BCUT2D eigenvalue weighted by atomic mass is 10.0. The SMILES string of the molecule is NC(=O)CC(N)C(=O)NCC(=O)NC(Cc1ccccc1)C(=O)NC(CS)C(=O)O. The second-order valence-corrected chi connectivity index (χ2v) is 6.75. The van der Waals surface area contributed by atoms with Gasteiger partial charge in [-0.1, -0.05) is 30.3 Å². The molecule has 0 aromatic heterocycles. The summed E-state index contributed by atoms with van der Waals surface area (Å²) in [6, 6.07) is 5.23. The summed E-state index contributed by atoms with van der Waals surface area (Å²) in [6.07, 6.45) is -0.292. The molecular formula is C18H25N5O6S. The Balaban J connectivity index is 2.77. The highest BCUT2D eigenvalue weighted by atomic mass is 32.1. The van der Waals surface area contributed by atoms with Crippen LogP contribution in [0.5, 0.6) is 0 Å². The molecule has 0 bridgehead atoms. The van der Waals surface area contributed by atoms with E-state index in [9.17, 15) is 24.0 Å². The van der Waals surface area contributed by atoms with Gasteiger partial charge in [-0.05, 0) is 5.56 Å². The van der Waals surface area contributed by atoms with Crippen LogP contribution < -0.4 is 27.4 Å². The van der Waals surface area contributed by atoms with Gasteiger partial charge in [0.15, 0.2) is 0 Å². The van der Waals surface area contributed by atoms with Gasteiger partial charge in [0, 0.05) is 12.2 Å². The Morgan fingerprint density at radius 1 is 1.00 bits per heavy atom. The third kappa shape index (κ3) is 8.92. The molecule has 1 aromatic carbocycles. The molecule has 0 saturated heterocycles. The average molecular weight is 439 g/mol. The van der Waals surface area contributed by atoms with E-state index >= 15 is 0 Å². The molecule has 0 heterocycles. The molecule has 11 nitrogen and oxygen atoms in total. The summed E-state index contributed by atoms with van der Waals surface area (Å²) in [5.41, 5.74) is 11.2. The van der Waals surface area contributed by atoms with Crippen LogP contribution in [0.2, 0.25) is 0 Å². The number of carboxylic acid groups (broad SMARTS) is 1. The van der Waals surface area contributed by atoms with Crippen molar-refractivity contribution < 1.29 is 29.1 Å². The Morgan fingerprint density at radius 3 is 2.17 bits per heavy atom. The normalized spacial score (nSPS) is 13.4. The minimum Gasteiger partial charge on any atom is -0.480 e. The summed E-state index contributed by atoms with van der Waals surface area (Å²) >= 11 is 3.89. The Labute approximate surface area is 178 Å². The maximum absolute atomic E-state index is 12.5.